The van der Waals surface area contributed by atoms with Crippen LogP contribution in [0.25, 0.3) is 10.3 Å². The van der Waals surface area contributed by atoms with Crippen LogP contribution in [0.15, 0.2) is 54.7 Å². The van der Waals surface area contributed by atoms with Crippen LogP contribution in [0.1, 0.15) is 35.7 Å². The number of hydrogen-bond acceptors (Lipinski definition) is 9. The maximum absolute atomic E-state index is 12.8. The molecule has 0 unspecified atom stereocenters. The molecule has 0 bridgehead atoms. The molecule has 3 aromatic heterocycles. The van der Waals surface area contributed by atoms with Gasteiger partial charge in [-0.05, 0) is 76.2 Å². The maximum Gasteiger partial charge on any atom is 0.251 e. The molecule has 10 heteroatoms. The van der Waals surface area contributed by atoms with Crippen molar-refractivity contribution in [1.29, 1.82) is 0 Å². The highest BCUT2D eigenvalue weighted by atomic mass is 32.1. The Labute approximate surface area is 232 Å². The summed E-state index contributed by atoms with van der Waals surface area (Å²) in [5.74, 6) is 1.70. The molecule has 0 aliphatic carbocycles. The van der Waals surface area contributed by atoms with E-state index in [1.807, 2.05) is 24.1 Å². The summed E-state index contributed by atoms with van der Waals surface area (Å²) < 4.78 is 0. The minimum absolute atomic E-state index is 0.145. The van der Waals surface area contributed by atoms with Crippen LogP contribution in [-0.4, -0.2) is 64.8 Å². The topological polar surface area (TPSA) is 103 Å². The van der Waals surface area contributed by atoms with Gasteiger partial charge in [0.15, 0.2) is 5.13 Å². The van der Waals surface area contributed by atoms with Crippen LogP contribution in [0.3, 0.4) is 0 Å². The van der Waals surface area contributed by atoms with E-state index in [1.54, 1.807) is 25.3 Å². The third-order valence-corrected chi connectivity index (χ3v) is 8.02. The Morgan fingerprint density at radius 1 is 1.08 bits per heavy atom. The Bertz CT molecular complexity index is 1460. The molecule has 1 aliphatic heterocycles. The number of fused-ring (bicyclic) bond motifs is 1. The molecule has 5 rings (SSSR count). The molecule has 1 aromatic carbocycles. The fourth-order valence-electron chi connectivity index (χ4n) is 4.69. The molecule has 1 aliphatic rings. The second-order valence-corrected chi connectivity index (χ2v) is 10.9. The van der Waals surface area contributed by atoms with E-state index in [4.69, 9.17) is 4.98 Å². The van der Waals surface area contributed by atoms with Crippen molar-refractivity contribution in [2.45, 2.75) is 26.7 Å². The third-order valence-electron chi connectivity index (χ3n) is 7.14. The molecular weight excluding hydrogens is 510 g/mol. The van der Waals surface area contributed by atoms with E-state index in [9.17, 15) is 9.59 Å². The van der Waals surface area contributed by atoms with Gasteiger partial charge < -0.3 is 20.4 Å². The van der Waals surface area contributed by atoms with Crippen LogP contribution in [0.2, 0.25) is 0 Å². The predicted octanol–water partition coefficient (Wildman–Crippen LogP) is 4.94. The summed E-state index contributed by atoms with van der Waals surface area (Å²) in [6.45, 7) is 6.85. The van der Waals surface area contributed by atoms with E-state index >= 15 is 0 Å². The molecule has 0 spiro atoms. The number of amides is 1. The molecule has 39 heavy (non-hydrogen) atoms. The Balaban J connectivity index is 1.18. The van der Waals surface area contributed by atoms with Gasteiger partial charge in [0.1, 0.15) is 27.8 Å². The molecular formula is C29H33N7O2S. The Hall–Kier alpha value is -3.89. The van der Waals surface area contributed by atoms with Crippen molar-refractivity contribution < 1.29 is 9.59 Å². The van der Waals surface area contributed by atoms with Gasteiger partial charge in [-0.3, -0.25) is 9.59 Å². The monoisotopic (exact) mass is 543 g/mol. The van der Waals surface area contributed by atoms with Gasteiger partial charge >= 0.3 is 0 Å². The van der Waals surface area contributed by atoms with Crippen molar-refractivity contribution in [3.8, 4) is 0 Å². The van der Waals surface area contributed by atoms with Gasteiger partial charge in [-0.2, -0.15) is 0 Å². The molecule has 4 aromatic rings. The maximum atomic E-state index is 12.8. The largest absolute Gasteiger partial charge is 0.351 e. The number of hydrogen-bond donors (Lipinski definition) is 2. The van der Waals surface area contributed by atoms with Gasteiger partial charge in [0.25, 0.3) is 5.91 Å². The van der Waals surface area contributed by atoms with E-state index in [2.05, 4.69) is 56.7 Å². The summed E-state index contributed by atoms with van der Waals surface area (Å²) in [6, 6.07) is 15.7. The molecule has 2 N–H and O–H groups in total. The average Bonchev–Trinajstić information content (AvgIpc) is 3.35. The van der Waals surface area contributed by atoms with E-state index in [-0.39, 0.29) is 17.6 Å². The average molecular weight is 544 g/mol. The molecule has 202 valence electrons. The Kier molecular flexibility index (Phi) is 8.13. The summed E-state index contributed by atoms with van der Waals surface area (Å²) in [5, 5.41) is 6.88. The quantitative estimate of drug-likeness (QED) is 0.306. The first-order valence-corrected chi connectivity index (χ1v) is 14.0. The van der Waals surface area contributed by atoms with Gasteiger partial charge in [0.2, 0.25) is 0 Å². The first-order chi connectivity index (χ1) is 18.9. The fraction of sp³-hybridized carbons (Fsp3) is 0.345. The minimum atomic E-state index is -0.145. The molecule has 0 saturated carbocycles. The van der Waals surface area contributed by atoms with Crippen molar-refractivity contribution in [3.63, 3.8) is 0 Å². The zero-order chi connectivity index (χ0) is 27.4. The summed E-state index contributed by atoms with van der Waals surface area (Å²) in [4.78, 5) is 43.3. The smallest absolute Gasteiger partial charge is 0.251 e. The van der Waals surface area contributed by atoms with Crippen molar-refractivity contribution in [2.24, 2.45) is 5.92 Å². The van der Waals surface area contributed by atoms with E-state index in [1.165, 1.54) is 16.9 Å². The van der Waals surface area contributed by atoms with Crippen LogP contribution in [0.4, 0.5) is 22.5 Å². The number of likely N-dealkylation sites (tertiary alicyclic amines) is 1. The number of aromatic nitrogens is 3. The number of anilines is 4. The number of benzene rings is 1. The summed E-state index contributed by atoms with van der Waals surface area (Å²) in [5.41, 5.74) is 3.60. The molecule has 0 atom stereocenters. The Morgan fingerprint density at radius 2 is 1.85 bits per heavy atom. The summed E-state index contributed by atoms with van der Waals surface area (Å²) in [7, 11) is 2.00. The van der Waals surface area contributed by atoms with Gasteiger partial charge in [0.05, 0.1) is 0 Å². The number of nitrogens with zero attached hydrogens (tertiary/aromatic N) is 5. The minimum Gasteiger partial charge on any atom is -0.351 e. The van der Waals surface area contributed by atoms with Crippen molar-refractivity contribution in [1.82, 2.24) is 25.2 Å². The van der Waals surface area contributed by atoms with Crippen LogP contribution in [0, 0.1) is 12.8 Å². The van der Waals surface area contributed by atoms with Crippen LogP contribution in [0.5, 0.6) is 0 Å². The molecule has 9 nitrogen and oxygen atoms in total. The third kappa shape index (κ3) is 6.58. The van der Waals surface area contributed by atoms with Crippen LogP contribution >= 0.6 is 11.3 Å². The number of pyridine rings is 2. The number of thiazole rings is 1. The summed E-state index contributed by atoms with van der Waals surface area (Å²) in [6.07, 6.45) is 3.41. The standard InChI is InChI=1S/C29H33N7O2S/c1-19-4-6-23(7-5-19)35(3)26-9-8-24-28(34-26)39-29(32-24)33-25-18-22(10-13-30-25)27(38)31-14-17-36-15-11-21(12-16-36)20(2)37/h4-10,13,18,21H,11-12,14-17H2,1-3H3,(H,31,38)(H,30,32,33). The Morgan fingerprint density at radius 3 is 2.59 bits per heavy atom. The van der Waals surface area contributed by atoms with E-state index < -0.39 is 0 Å². The number of carbonyl (C=O) groups excluding carboxylic acids is 2. The molecule has 1 amide bonds. The van der Waals surface area contributed by atoms with E-state index in [0.717, 1.165) is 54.3 Å². The second kappa shape index (κ2) is 11.9. The number of piperidine rings is 1. The number of ketones is 1. The second-order valence-electron chi connectivity index (χ2n) is 9.94. The number of aryl methyl sites for hydroxylation is 1. The lowest BCUT2D eigenvalue weighted by molar-refractivity contribution is -0.122. The number of Topliss-reactive ketones (excluding diaryl/α,β-unsaturated/α-hetero) is 1. The first kappa shape index (κ1) is 26.7. The van der Waals surface area contributed by atoms with Crippen LogP contribution in [-0.2, 0) is 4.79 Å². The lowest BCUT2D eigenvalue weighted by atomic mass is 9.93. The highest BCUT2D eigenvalue weighted by Crippen LogP contribution is 2.30. The van der Waals surface area contributed by atoms with Crippen LogP contribution < -0.4 is 15.5 Å². The zero-order valence-corrected chi connectivity index (χ0v) is 23.3. The van der Waals surface area contributed by atoms with Crippen molar-refractivity contribution >= 4 is 55.8 Å². The zero-order valence-electron chi connectivity index (χ0n) is 22.5. The fourth-order valence-corrected chi connectivity index (χ4v) is 5.53. The molecule has 1 fully saturated rings. The highest BCUT2D eigenvalue weighted by Gasteiger charge is 2.22. The number of rotatable bonds is 9. The lowest BCUT2D eigenvalue weighted by Gasteiger charge is -2.30. The summed E-state index contributed by atoms with van der Waals surface area (Å²) >= 11 is 1.44. The highest BCUT2D eigenvalue weighted by molar-refractivity contribution is 7.21. The SMILES string of the molecule is CC(=O)C1CCN(CCNC(=O)c2ccnc(Nc3nc4ccc(N(C)c5ccc(C)cc5)nc4s3)c2)CC1. The number of carbonyl (C=O) groups is 2. The van der Waals surface area contributed by atoms with Crippen molar-refractivity contribution in [2.75, 3.05) is 43.4 Å². The van der Waals surface area contributed by atoms with Gasteiger partial charge in [-0.1, -0.05) is 29.0 Å². The molecule has 4 heterocycles. The van der Waals surface area contributed by atoms with E-state index in [0.29, 0.717) is 23.1 Å². The first-order valence-electron chi connectivity index (χ1n) is 13.2. The lowest BCUT2D eigenvalue weighted by Crippen LogP contribution is -2.40. The normalized spacial score (nSPS) is 14.3. The molecule has 1 saturated heterocycles. The predicted molar refractivity (Wildman–Crippen MR) is 156 cm³/mol. The number of nitrogens with one attached hydrogen (secondary N) is 2. The van der Waals surface area contributed by atoms with Gasteiger partial charge in [-0.25, -0.2) is 15.0 Å². The van der Waals surface area contributed by atoms with Gasteiger partial charge in [0, 0.05) is 43.5 Å². The van der Waals surface area contributed by atoms with Gasteiger partial charge in [-0.15, -0.1) is 0 Å². The molecule has 0 radical (unpaired) electrons. The van der Waals surface area contributed by atoms with Crippen molar-refractivity contribution in [3.05, 3.63) is 65.9 Å².